The van der Waals surface area contributed by atoms with E-state index in [4.69, 9.17) is 4.98 Å². The van der Waals surface area contributed by atoms with Gasteiger partial charge in [-0.2, -0.15) is 0 Å². The molecule has 0 aliphatic carbocycles. The molecule has 0 unspecified atom stereocenters. The van der Waals surface area contributed by atoms with Crippen LogP contribution >= 0.6 is 11.8 Å². The molecule has 0 fully saturated rings. The second-order valence-corrected chi connectivity index (χ2v) is 7.55. The molecule has 5 aromatic rings. The molecule has 0 aliphatic rings. The Hall–Kier alpha value is -3.25. The van der Waals surface area contributed by atoms with Crippen LogP contribution in [-0.4, -0.2) is 24.6 Å². The topological polar surface area (TPSA) is 56.0 Å². The fourth-order valence-electron chi connectivity index (χ4n) is 3.18. The molecular weight excluding hydrogens is 366 g/mol. The van der Waals surface area contributed by atoms with Crippen LogP contribution in [-0.2, 0) is 5.75 Å². The molecule has 0 saturated carbocycles. The van der Waals surface area contributed by atoms with Crippen LogP contribution in [0.5, 0.6) is 0 Å². The molecule has 0 N–H and O–H groups in total. The number of aryl methyl sites for hydroxylation is 1. The van der Waals surface area contributed by atoms with Crippen LogP contribution in [0.15, 0.2) is 78.2 Å². The van der Waals surface area contributed by atoms with E-state index in [1.807, 2.05) is 48.8 Å². The maximum absolute atomic E-state index is 4.95. The van der Waals surface area contributed by atoms with E-state index in [0.717, 1.165) is 38.8 Å². The van der Waals surface area contributed by atoms with Gasteiger partial charge in [0.15, 0.2) is 10.8 Å². The van der Waals surface area contributed by atoms with Gasteiger partial charge in [-0.25, -0.2) is 4.98 Å². The van der Waals surface area contributed by atoms with Gasteiger partial charge >= 0.3 is 0 Å². The van der Waals surface area contributed by atoms with Crippen LogP contribution in [0, 0.1) is 6.92 Å². The molecule has 0 spiro atoms. The highest BCUT2D eigenvalue weighted by Gasteiger charge is 2.16. The second kappa shape index (κ2) is 7.05. The molecule has 6 heteroatoms. The number of hydrogen-bond donors (Lipinski definition) is 0. The molecule has 3 heterocycles. The van der Waals surface area contributed by atoms with Crippen molar-refractivity contribution in [2.45, 2.75) is 17.8 Å². The van der Waals surface area contributed by atoms with Gasteiger partial charge in [0.1, 0.15) is 5.82 Å². The Bertz CT molecular complexity index is 1260. The van der Waals surface area contributed by atoms with Crippen LogP contribution in [0.25, 0.3) is 27.9 Å². The largest absolute Gasteiger partial charge is 0.265 e. The number of para-hydroxylation sites is 1. The number of hydrogen-bond acceptors (Lipinski definition) is 5. The molecular formula is C22H17N5S. The second-order valence-electron chi connectivity index (χ2n) is 6.60. The van der Waals surface area contributed by atoms with E-state index in [9.17, 15) is 0 Å². The van der Waals surface area contributed by atoms with Crippen molar-refractivity contribution < 1.29 is 0 Å². The van der Waals surface area contributed by atoms with Gasteiger partial charge in [-0.3, -0.25) is 9.38 Å². The third-order valence-electron chi connectivity index (χ3n) is 4.64. The molecule has 0 aliphatic heterocycles. The van der Waals surface area contributed by atoms with Crippen molar-refractivity contribution in [3.05, 3.63) is 84.2 Å². The van der Waals surface area contributed by atoms with Gasteiger partial charge in [-0.1, -0.05) is 53.7 Å². The monoisotopic (exact) mass is 383 g/mol. The molecule has 5 nitrogen and oxygen atoms in total. The smallest absolute Gasteiger partial charge is 0.197 e. The van der Waals surface area contributed by atoms with Crippen LogP contribution in [0.4, 0.5) is 0 Å². The number of fused-ring (bicyclic) bond motifs is 3. The SMILES string of the molecule is Cc1ccc(-c2nc3ccccc3c3nnc(SCc4ccncc4)n23)cc1. The van der Waals surface area contributed by atoms with Gasteiger partial charge < -0.3 is 0 Å². The molecule has 3 aromatic heterocycles. The Labute approximate surface area is 166 Å². The Morgan fingerprint density at radius 1 is 0.893 bits per heavy atom. The van der Waals surface area contributed by atoms with E-state index in [1.165, 1.54) is 11.1 Å². The molecule has 5 rings (SSSR count). The minimum atomic E-state index is 0.795. The lowest BCUT2D eigenvalue weighted by Crippen LogP contribution is -1.99. The Balaban J connectivity index is 1.69. The van der Waals surface area contributed by atoms with E-state index in [0.29, 0.717) is 0 Å². The van der Waals surface area contributed by atoms with E-state index >= 15 is 0 Å². The number of rotatable bonds is 4. The first-order chi connectivity index (χ1) is 13.8. The molecule has 2 aromatic carbocycles. The summed E-state index contributed by atoms with van der Waals surface area (Å²) in [5.41, 5.74) is 5.22. The van der Waals surface area contributed by atoms with E-state index in [2.05, 4.69) is 50.8 Å². The lowest BCUT2D eigenvalue weighted by Gasteiger charge is -2.10. The highest BCUT2D eigenvalue weighted by Crippen LogP contribution is 2.30. The third kappa shape index (κ3) is 3.01. The minimum Gasteiger partial charge on any atom is -0.265 e. The number of benzene rings is 2. The molecule has 0 radical (unpaired) electrons. The molecule has 0 amide bonds. The zero-order valence-electron chi connectivity index (χ0n) is 15.3. The van der Waals surface area contributed by atoms with Gasteiger partial charge in [-0.15, -0.1) is 10.2 Å². The summed E-state index contributed by atoms with van der Waals surface area (Å²) >= 11 is 1.65. The Kier molecular flexibility index (Phi) is 4.25. The van der Waals surface area contributed by atoms with Crippen molar-refractivity contribution in [2.75, 3.05) is 0 Å². The van der Waals surface area contributed by atoms with Crippen LogP contribution in [0.1, 0.15) is 11.1 Å². The first-order valence-corrected chi connectivity index (χ1v) is 10.0. The standard InChI is InChI=1S/C22H17N5S/c1-15-6-8-17(9-7-15)20-24-19-5-3-2-4-18(19)21-25-26-22(27(20)21)28-14-16-10-12-23-13-11-16/h2-13H,14H2,1H3. The first kappa shape index (κ1) is 16.9. The molecule has 136 valence electrons. The van der Waals surface area contributed by atoms with Gasteiger partial charge in [0.25, 0.3) is 0 Å². The summed E-state index contributed by atoms with van der Waals surface area (Å²) in [6.45, 7) is 2.09. The van der Waals surface area contributed by atoms with Gasteiger partial charge in [0, 0.05) is 29.1 Å². The summed E-state index contributed by atoms with van der Waals surface area (Å²) in [7, 11) is 0. The molecule has 28 heavy (non-hydrogen) atoms. The van der Waals surface area contributed by atoms with Crippen LogP contribution in [0.3, 0.4) is 0 Å². The summed E-state index contributed by atoms with van der Waals surface area (Å²) < 4.78 is 2.07. The normalized spacial score (nSPS) is 11.3. The molecule has 0 bridgehead atoms. The van der Waals surface area contributed by atoms with Crippen molar-refractivity contribution in [2.24, 2.45) is 0 Å². The van der Waals surface area contributed by atoms with Crippen molar-refractivity contribution in [1.82, 2.24) is 24.6 Å². The summed E-state index contributed by atoms with van der Waals surface area (Å²) in [6.07, 6.45) is 3.62. The lowest BCUT2D eigenvalue weighted by atomic mass is 10.1. The van der Waals surface area contributed by atoms with E-state index in [-0.39, 0.29) is 0 Å². The third-order valence-corrected chi connectivity index (χ3v) is 5.64. The number of pyridine rings is 1. The minimum absolute atomic E-state index is 0.795. The highest BCUT2D eigenvalue weighted by molar-refractivity contribution is 7.98. The quantitative estimate of drug-likeness (QED) is 0.412. The fourth-order valence-corrected chi connectivity index (χ4v) is 4.07. The Morgan fingerprint density at radius 3 is 2.50 bits per heavy atom. The van der Waals surface area contributed by atoms with Gasteiger partial charge in [0.2, 0.25) is 0 Å². The first-order valence-electron chi connectivity index (χ1n) is 9.02. The van der Waals surface area contributed by atoms with Crippen molar-refractivity contribution in [3.63, 3.8) is 0 Å². The number of nitrogens with zero attached hydrogens (tertiary/aromatic N) is 5. The highest BCUT2D eigenvalue weighted by atomic mass is 32.2. The van der Waals surface area contributed by atoms with Crippen molar-refractivity contribution >= 4 is 28.3 Å². The Morgan fingerprint density at radius 2 is 1.68 bits per heavy atom. The van der Waals surface area contributed by atoms with Crippen molar-refractivity contribution in [3.8, 4) is 11.4 Å². The maximum atomic E-state index is 4.95. The van der Waals surface area contributed by atoms with Crippen LogP contribution < -0.4 is 0 Å². The number of thioether (sulfide) groups is 1. The van der Waals surface area contributed by atoms with Gasteiger partial charge in [0.05, 0.1) is 5.52 Å². The molecule has 0 atom stereocenters. The van der Waals surface area contributed by atoms with E-state index < -0.39 is 0 Å². The number of aromatic nitrogens is 5. The zero-order chi connectivity index (χ0) is 18.9. The summed E-state index contributed by atoms with van der Waals surface area (Å²) in [5, 5.41) is 10.8. The van der Waals surface area contributed by atoms with Crippen LogP contribution in [0.2, 0.25) is 0 Å². The predicted octanol–water partition coefficient (Wildman–Crippen LogP) is 4.94. The summed E-state index contributed by atoms with van der Waals surface area (Å²) in [5.74, 6) is 1.65. The van der Waals surface area contributed by atoms with E-state index in [1.54, 1.807) is 11.8 Å². The average Bonchev–Trinajstić information content (AvgIpc) is 3.17. The summed E-state index contributed by atoms with van der Waals surface area (Å²) in [6, 6.07) is 20.5. The predicted molar refractivity (Wildman–Crippen MR) is 112 cm³/mol. The van der Waals surface area contributed by atoms with Crippen molar-refractivity contribution in [1.29, 1.82) is 0 Å². The molecule has 0 saturated heterocycles. The lowest BCUT2D eigenvalue weighted by molar-refractivity contribution is 0.913. The zero-order valence-corrected chi connectivity index (χ0v) is 16.1. The average molecular weight is 383 g/mol. The van der Waals surface area contributed by atoms with Gasteiger partial charge in [-0.05, 0) is 36.8 Å². The fraction of sp³-hybridized carbons (Fsp3) is 0.0909. The maximum Gasteiger partial charge on any atom is 0.197 e. The summed E-state index contributed by atoms with van der Waals surface area (Å²) in [4.78, 5) is 9.03.